The normalized spacial score (nSPS) is 12.2. The topological polar surface area (TPSA) is 81.9 Å². The van der Waals surface area contributed by atoms with Crippen LogP contribution in [0.15, 0.2) is 24.4 Å². The van der Waals surface area contributed by atoms with Gasteiger partial charge in [-0.15, -0.1) is 0 Å². The molecule has 0 amide bonds. The third-order valence-electron chi connectivity index (χ3n) is 3.89. The fourth-order valence-corrected chi connectivity index (χ4v) is 2.45. The predicted molar refractivity (Wildman–Crippen MR) is 96.2 cm³/mol. The molecule has 3 aromatic rings. The molecule has 1 aromatic carbocycles. The van der Waals surface area contributed by atoms with Gasteiger partial charge < -0.3 is 10.1 Å². The summed E-state index contributed by atoms with van der Waals surface area (Å²) in [7, 11) is 1.69. The summed E-state index contributed by atoms with van der Waals surface area (Å²) >= 11 is 5.80. The maximum absolute atomic E-state index is 14.2. The van der Waals surface area contributed by atoms with E-state index in [1.165, 1.54) is 29.1 Å². The number of aromatic nitrogens is 4. The van der Waals surface area contributed by atoms with Crippen molar-refractivity contribution >= 4 is 40.1 Å². The van der Waals surface area contributed by atoms with E-state index in [-0.39, 0.29) is 22.6 Å². The van der Waals surface area contributed by atoms with Crippen molar-refractivity contribution in [2.24, 2.45) is 7.05 Å². The Labute approximate surface area is 154 Å². The van der Waals surface area contributed by atoms with Crippen molar-refractivity contribution in [1.29, 1.82) is 0 Å². The second-order valence-corrected chi connectivity index (χ2v) is 6.13. The van der Waals surface area contributed by atoms with Crippen molar-refractivity contribution in [2.75, 3.05) is 5.32 Å². The van der Waals surface area contributed by atoms with Gasteiger partial charge in [0.2, 0.25) is 5.28 Å². The highest BCUT2D eigenvalue weighted by Crippen LogP contribution is 2.27. The average molecular weight is 378 g/mol. The molecule has 9 heteroatoms. The number of anilines is 2. The number of carbonyl (C=O) groups excluding carboxylic acids is 1. The van der Waals surface area contributed by atoms with Crippen LogP contribution in [0.1, 0.15) is 30.6 Å². The Morgan fingerprint density at radius 2 is 2.23 bits per heavy atom. The average Bonchev–Trinajstić information content (AvgIpc) is 2.91. The molecular weight excluding hydrogens is 361 g/mol. The van der Waals surface area contributed by atoms with E-state index in [0.717, 1.165) is 0 Å². The van der Waals surface area contributed by atoms with Crippen LogP contribution in [0.4, 0.5) is 15.9 Å². The van der Waals surface area contributed by atoms with Crippen LogP contribution in [-0.2, 0) is 11.8 Å². The second-order valence-electron chi connectivity index (χ2n) is 5.79. The van der Waals surface area contributed by atoms with Crippen molar-refractivity contribution in [3.8, 4) is 0 Å². The molecule has 7 nitrogen and oxygen atoms in total. The van der Waals surface area contributed by atoms with Crippen LogP contribution in [0, 0.1) is 5.82 Å². The molecule has 2 heterocycles. The molecule has 1 atom stereocenters. The first-order chi connectivity index (χ1) is 12.4. The number of esters is 1. The number of halogens is 2. The van der Waals surface area contributed by atoms with Crippen molar-refractivity contribution in [1.82, 2.24) is 19.7 Å². The van der Waals surface area contributed by atoms with Crippen molar-refractivity contribution in [2.45, 2.75) is 26.4 Å². The Kier molecular flexibility index (Phi) is 5.03. The van der Waals surface area contributed by atoms with Gasteiger partial charge in [0.1, 0.15) is 5.82 Å². The number of hydrogen-bond acceptors (Lipinski definition) is 6. The van der Waals surface area contributed by atoms with Gasteiger partial charge in [-0.1, -0.05) is 6.92 Å². The summed E-state index contributed by atoms with van der Waals surface area (Å²) in [4.78, 5) is 20.2. The van der Waals surface area contributed by atoms with Crippen LogP contribution in [0.3, 0.4) is 0 Å². The van der Waals surface area contributed by atoms with E-state index in [1.54, 1.807) is 14.0 Å². The number of hydrogen-bond donors (Lipinski definition) is 1. The Bertz CT molecular complexity index is 975. The fraction of sp³-hybridized carbons (Fsp3) is 0.294. The third-order valence-corrected chi connectivity index (χ3v) is 4.07. The first-order valence-corrected chi connectivity index (χ1v) is 8.39. The summed E-state index contributed by atoms with van der Waals surface area (Å²) in [6.07, 6.45) is 1.98. The molecule has 26 heavy (non-hydrogen) atoms. The molecule has 0 aliphatic rings. The standard InChI is InChI=1S/C17H17ClFN5O2/c1-4-9(2)26-16(25)10-5-6-12(19)13(7-10)21-14-11-8-20-17(18)22-15(11)24(3)23-14/h5-9H,4H2,1-3H3,(H,21,23). The van der Waals surface area contributed by atoms with Gasteiger partial charge in [-0.3, -0.25) is 0 Å². The lowest BCUT2D eigenvalue weighted by molar-refractivity contribution is 0.0334. The molecular formula is C17H17ClFN5O2. The SMILES string of the molecule is CCC(C)OC(=O)c1ccc(F)c(Nc2nn(C)c3nc(Cl)ncc23)c1. The van der Waals surface area contributed by atoms with Gasteiger partial charge in [0.05, 0.1) is 22.7 Å². The quantitative estimate of drug-likeness (QED) is 0.537. The van der Waals surface area contributed by atoms with E-state index < -0.39 is 11.8 Å². The number of aryl methyl sites for hydroxylation is 1. The van der Waals surface area contributed by atoms with Crippen LogP contribution in [0.2, 0.25) is 5.28 Å². The highest BCUT2D eigenvalue weighted by Gasteiger charge is 2.16. The van der Waals surface area contributed by atoms with Crippen LogP contribution >= 0.6 is 11.6 Å². The monoisotopic (exact) mass is 377 g/mol. The van der Waals surface area contributed by atoms with Crippen molar-refractivity contribution in [3.63, 3.8) is 0 Å². The number of nitrogens with zero attached hydrogens (tertiary/aromatic N) is 4. The van der Waals surface area contributed by atoms with Crippen LogP contribution < -0.4 is 5.32 Å². The first kappa shape index (κ1) is 18.1. The molecule has 0 aliphatic heterocycles. The summed E-state index contributed by atoms with van der Waals surface area (Å²) in [6.45, 7) is 3.71. The minimum absolute atomic E-state index is 0.0908. The largest absolute Gasteiger partial charge is 0.459 e. The summed E-state index contributed by atoms with van der Waals surface area (Å²) in [6, 6.07) is 3.97. The molecule has 0 aliphatic carbocycles. The summed E-state index contributed by atoms with van der Waals surface area (Å²) in [5.74, 6) is -0.687. The maximum Gasteiger partial charge on any atom is 0.338 e. The van der Waals surface area contributed by atoms with Gasteiger partial charge in [-0.25, -0.2) is 18.9 Å². The molecule has 1 unspecified atom stereocenters. The van der Waals surface area contributed by atoms with E-state index in [0.29, 0.717) is 23.3 Å². The molecule has 0 saturated heterocycles. The molecule has 0 radical (unpaired) electrons. The van der Waals surface area contributed by atoms with E-state index in [4.69, 9.17) is 16.3 Å². The third kappa shape index (κ3) is 3.60. The fourth-order valence-electron chi connectivity index (χ4n) is 2.32. The maximum atomic E-state index is 14.2. The number of nitrogens with one attached hydrogen (secondary N) is 1. The molecule has 136 valence electrons. The lowest BCUT2D eigenvalue weighted by Crippen LogP contribution is -2.14. The van der Waals surface area contributed by atoms with Crippen molar-refractivity contribution in [3.05, 3.63) is 41.1 Å². The Morgan fingerprint density at radius 1 is 1.46 bits per heavy atom. The lowest BCUT2D eigenvalue weighted by atomic mass is 10.2. The highest BCUT2D eigenvalue weighted by atomic mass is 35.5. The van der Waals surface area contributed by atoms with Gasteiger partial charge in [-0.2, -0.15) is 10.1 Å². The highest BCUT2D eigenvalue weighted by molar-refractivity contribution is 6.28. The molecule has 0 saturated carbocycles. The zero-order chi connectivity index (χ0) is 18.8. The minimum atomic E-state index is -0.529. The zero-order valence-corrected chi connectivity index (χ0v) is 15.2. The Hall–Kier alpha value is -2.74. The lowest BCUT2D eigenvalue weighted by Gasteiger charge is -2.12. The number of fused-ring (bicyclic) bond motifs is 1. The smallest absolute Gasteiger partial charge is 0.338 e. The summed E-state index contributed by atoms with van der Waals surface area (Å²) in [5.41, 5.74) is 0.840. The van der Waals surface area contributed by atoms with Crippen LogP contribution in [0.5, 0.6) is 0 Å². The molecule has 3 rings (SSSR count). The van der Waals surface area contributed by atoms with Gasteiger partial charge in [0.25, 0.3) is 0 Å². The Morgan fingerprint density at radius 3 is 2.96 bits per heavy atom. The van der Waals surface area contributed by atoms with Crippen LogP contribution in [-0.4, -0.2) is 31.8 Å². The minimum Gasteiger partial charge on any atom is -0.459 e. The second kappa shape index (κ2) is 7.25. The first-order valence-electron chi connectivity index (χ1n) is 8.01. The summed E-state index contributed by atoms with van der Waals surface area (Å²) < 4.78 is 21.0. The predicted octanol–water partition coefficient (Wildman–Crippen LogP) is 3.85. The van der Waals surface area contributed by atoms with Crippen molar-refractivity contribution < 1.29 is 13.9 Å². The van der Waals surface area contributed by atoms with E-state index in [9.17, 15) is 9.18 Å². The van der Waals surface area contributed by atoms with Gasteiger partial charge in [0, 0.05) is 13.2 Å². The molecule has 0 spiro atoms. The Balaban J connectivity index is 1.93. The van der Waals surface area contributed by atoms with E-state index in [2.05, 4.69) is 20.4 Å². The molecule has 2 aromatic heterocycles. The van der Waals surface area contributed by atoms with E-state index in [1.807, 2.05) is 6.92 Å². The van der Waals surface area contributed by atoms with Gasteiger partial charge in [0.15, 0.2) is 11.5 Å². The van der Waals surface area contributed by atoms with Gasteiger partial charge in [-0.05, 0) is 43.1 Å². The number of benzene rings is 1. The molecule has 1 N–H and O–H groups in total. The zero-order valence-electron chi connectivity index (χ0n) is 14.5. The van der Waals surface area contributed by atoms with Gasteiger partial charge >= 0.3 is 5.97 Å². The number of ether oxygens (including phenoxy) is 1. The van der Waals surface area contributed by atoms with E-state index >= 15 is 0 Å². The number of rotatable bonds is 5. The molecule has 0 bridgehead atoms. The van der Waals surface area contributed by atoms with Crippen LogP contribution in [0.25, 0.3) is 11.0 Å². The number of carbonyl (C=O) groups is 1. The summed E-state index contributed by atoms with van der Waals surface area (Å²) in [5, 5.41) is 7.81. The molecule has 0 fully saturated rings.